The van der Waals surface area contributed by atoms with Crippen LogP contribution in [-0.4, -0.2) is 28.3 Å². The third-order valence-electron chi connectivity index (χ3n) is 3.73. The lowest BCUT2D eigenvalue weighted by molar-refractivity contribution is 0.436. The highest BCUT2D eigenvalue weighted by Gasteiger charge is 2.17. The highest BCUT2D eigenvalue weighted by atomic mass is 35.5. The SMILES string of the molecule is CC1CCN(c2cnnc(Nc3cccc(Cl)c3)n2)CC1. The monoisotopic (exact) mass is 303 g/mol. The van der Waals surface area contributed by atoms with Gasteiger partial charge in [-0.2, -0.15) is 10.1 Å². The van der Waals surface area contributed by atoms with Gasteiger partial charge in [0, 0.05) is 23.8 Å². The van der Waals surface area contributed by atoms with E-state index in [2.05, 4.69) is 32.3 Å². The normalized spacial score (nSPS) is 16.0. The molecule has 2 aromatic rings. The van der Waals surface area contributed by atoms with Crippen molar-refractivity contribution < 1.29 is 0 Å². The molecule has 0 bridgehead atoms. The Labute approximate surface area is 129 Å². The van der Waals surface area contributed by atoms with Crippen molar-refractivity contribution in [2.45, 2.75) is 19.8 Å². The van der Waals surface area contributed by atoms with Gasteiger partial charge in [-0.15, -0.1) is 5.10 Å². The number of aromatic nitrogens is 3. The van der Waals surface area contributed by atoms with Crippen molar-refractivity contribution in [3.63, 3.8) is 0 Å². The molecule has 5 nitrogen and oxygen atoms in total. The van der Waals surface area contributed by atoms with Crippen molar-refractivity contribution in [2.75, 3.05) is 23.3 Å². The van der Waals surface area contributed by atoms with Gasteiger partial charge in [0.25, 0.3) is 0 Å². The topological polar surface area (TPSA) is 53.9 Å². The molecule has 6 heteroatoms. The van der Waals surface area contributed by atoms with Crippen molar-refractivity contribution in [3.05, 3.63) is 35.5 Å². The third-order valence-corrected chi connectivity index (χ3v) is 3.97. The molecule has 1 aliphatic heterocycles. The molecule has 0 atom stereocenters. The second-order valence-corrected chi connectivity index (χ2v) is 5.88. The van der Waals surface area contributed by atoms with E-state index in [4.69, 9.17) is 11.6 Å². The minimum absolute atomic E-state index is 0.494. The number of anilines is 3. The highest BCUT2D eigenvalue weighted by Crippen LogP contribution is 2.22. The van der Waals surface area contributed by atoms with Crippen LogP contribution in [0.1, 0.15) is 19.8 Å². The molecule has 110 valence electrons. The average molecular weight is 304 g/mol. The lowest BCUT2D eigenvalue weighted by Crippen LogP contribution is -2.33. The summed E-state index contributed by atoms with van der Waals surface area (Å²) in [6.07, 6.45) is 4.11. The van der Waals surface area contributed by atoms with E-state index in [1.807, 2.05) is 24.3 Å². The van der Waals surface area contributed by atoms with Gasteiger partial charge in [-0.05, 0) is 37.0 Å². The molecular weight excluding hydrogens is 286 g/mol. The van der Waals surface area contributed by atoms with Crippen LogP contribution in [0.3, 0.4) is 0 Å². The van der Waals surface area contributed by atoms with Gasteiger partial charge in [0.2, 0.25) is 5.95 Å². The fourth-order valence-corrected chi connectivity index (χ4v) is 2.62. The molecule has 3 rings (SSSR count). The average Bonchev–Trinajstić information content (AvgIpc) is 2.48. The van der Waals surface area contributed by atoms with Gasteiger partial charge in [-0.1, -0.05) is 24.6 Å². The van der Waals surface area contributed by atoms with Gasteiger partial charge in [-0.3, -0.25) is 0 Å². The van der Waals surface area contributed by atoms with E-state index >= 15 is 0 Å². The largest absolute Gasteiger partial charge is 0.355 e. The molecule has 0 amide bonds. The number of nitrogens with zero attached hydrogens (tertiary/aromatic N) is 4. The van der Waals surface area contributed by atoms with E-state index < -0.39 is 0 Å². The second-order valence-electron chi connectivity index (χ2n) is 5.44. The molecule has 0 unspecified atom stereocenters. The van der Waals surface area contributed by atoms with Crippen LogP contribution >= 0.6 is 11.6 Å². The molecule has 1 aromatic heterocycles. The van der Waals surface area contributed by atoms with Crippen LogP contribution in [0.5, 0.6) is 0 Å². The summed E-state index contributed by atoms with van der Waals surface area (Å²) in [6.45, 7) is 4.34. The highest BCUT2D eigenvalue weighted by molar-refractivity contribution is 6.30. The number of benzene rings is 1. The van der Waals surface area contributed by atoms with Gasteiger partial charge in [0.05, 0.1) is 6.20 Å². The third kappa shape index (κ3) is 3.61. The van der Waals surface area contributed by atoms with E-state index in [0.29, 0.717) is 11.0 Å². The van der Waals surface area contributed by atoms with Gasteiger partial charge in [0.1, 0.15) is 0 Å². The first-order chi connectivity index (χ1) is 10.2. The van der Waals surface area contributed by atoms with Crippen molar-refractivity contribution in [2.24, 2.45) is 5.92 Å². The maximum Gasteiger partial charge on any atom is 0.249 e. The van der Waals surface area contributed by atoms with E-state index in [0.717, 1.165) is 30.5 Å². The smallest absolute Gasteiger partial charge is 0.249 e. The molecule has 1 fully saturated rings. The van der Waals surface area contributed by atoms with Crippen LogP contribution in [0.4, 0.5) is 17.5 Å². The minimum atomic E-state index is 0.494. The number of rotatable bonds is 3. The number of piperidine rings is 1. The van der Waals surface area contributed by atoms with E-state index in [1.54, 1.807) is 6.20 Å². The van der Waals surface area contributed by atoms with Crippen molar-refractivity contribution in [1.29, 1.82) is 0 Å². The van der Waals surface area contributed by atoms with Crippen LogP contribution in [0.2, 0.25) is 5.02 Å². The van der Waals surface area contributed by atoms with Gasteiger partial charge < -0.3 is 10.2 Å². The van der Waals surface area contributed by atoms with Crippen LogP contribution in [0.25, 0.3) is 0 Å². The predicted molar refractivity (Wildman–Crippen MR) is 85.2 cm³/mol. The molecule has 21 heavy (non-hydrogen) atoms. The standard InChI is InChI=1S/C15H18ClN5/c1-11-5-7-21(8-6-11)14-10-17-20-15(19-14)18-13-4-2-3-12(16)9-13/h2-4,9-11H,5-8H2,1H3,(H,18,19,20). The Balaban J connectivity index is 1.74. The number of nitrogens with one attached hydrogen (secondary N) is 1. The van der Waals surface area contributed by atoms with Crippen molar-refractivity contribution >= 4 is 29.1 Å². The first-order valence-electron chi connectivity index (χ1n) is 7.18. The van der Waals surface area contributed by atoms with E-state index in [1.165, 1.54) is 12.8 Å². The number of hydrogen-bond acceptors (Lipinski definition) is 5. The Morgan fingerprint density at radius 3 is 2.86 bits per heavy atom. The molecular formula is C15H18ClN5. The lowest BCUT2D eigenvalue weighted by Gasteiger charge is -2.30. The lowest BCUT2D eigenvalue weighted by atomic mass is 9.99. The first kappa shape index (κ1) is 14.1. The zero-order valence-corrected chi connectivity index (χ0v) is 12.7. The van der Waals surface area contributed by atoms with Crippen LogP contribution in [-0.2, 0) is 0 Å². The molecule has 0 aliphatic carbocycles. The van der Waals surface area contributed by atoms with Gasteiger partial charge in [-0.25, -0.2) is 0 Å². The zero-order chi connectivity index (χ0) is 14.7. The van der Waals surface area contributed by atoms with Crippen LogP contribution < -0.4 is 10.2 Å². The first-order valence-corrected chi connectivity index (χ1v) is 7.56. The van der Waals surface area contributed by atoms with E-state index in [-0.39, 0.29) is 0 Å². The van der Waals surface area contributed by atoms with Crippen molar-refractivity contribution in [3.8, 4) is 0 Å². The molecule has 0 saturated carbocycles. The minimum Gasteiger partial charge on any atom is -0.355 e. The fourth-order valence-electron chi connectivity index (χ4n) is 2.43. The summed E-state index contributed by atoms with van der Waals surface area (Å²) in [4.78, 5) is 6.81. The molecule has 0 radical (unpaired) electrons. The fraction of sp³-hybridized carbons (Fsp3) is 0.400. The summed E-state index contributed by atoms with van der Waals surface area (Å²) < 4.78 is 0. The summed E-state index contributed by atoms with van der Waals surface area (Å²) in [5.41, 5.74) is 0.855. The summed E-state index contributed by atoms with van der Waals surface area (Å²) >= 11 is 5.97. The zero-order valence-electron chi connectivity index (χ0n) is 12.0. The van der Waals surface area contributed by atoms with Gasteiger partial charge >= 0.3 is 0 Å². The number of halogens is 1. The van der Waals surface area contributed by atoms with Gasteiger partial charge in [0.15, 0.2) is 5.82 Å². The Morgan fingerprint density at radius 1 is 1.29 bits per heavy atom. The van der Waals surface area contributed by atoms with Crippen LogP contribution in [0.15, 0.2) is 30.5 Å². The van der Waals surface area contributed by atoms with E-state index in [9.17, 15) is 0 Å². The summed E-state index contributed by atoms with van der Waals surface area (Å²) in [7, 11) is 0. The Kier molecular flexibility index (Phi) is 4.20. The second kappa shape index (κ2) is 6.26. The Hall–Kier alpha value is -1.88. The summed E-state index contributed by atoms with van der Waals surface area (Å²) in [6, 6.07) is 7.47. The number of hydrogen-bond donors (Lipinski definition) is 1. The molecule has 1 aromatic carbocycles. The molecule has 1 N–H and O–H groups in total. The molecule has 1 aliphatic rings. The Bertz CT molecular complexity index is 611. The quantitative estimate of drug-likeness (QED) is 0.940. The summed E-state index contributed by atoms with van der Waals surface area (Å²) in [5, 5.41) is 11.9. The maximum absolute atomic E-state index is 5.97. The van der Waals surface area contributed by atoms with Crippen molar-refractivity contribution in [1.82, 2.24) is 15.2 Å². The predicted octanol–water partition coefficient (Wildman–Crippen LogP) is 3.50. The summed E-state index contributed by atoms with van der Waals surface area (Å²) in [5.74, 6) is 2.16. The molecule has 2 heterocycles. The molecule has 1 saturated heterocycles. The molecule has 0 spiro atoms. The maximum atomic E-state index is 5.97. The Morgan fingerprint density at radius 2 is 2.10 bits per heavy atom. The van der Waals surface area contributed by atoms with Crippen LogP contribution in [0, 0.1) is 5.92 Å².